The molecule has 0 bridgehead atoms. The first kappa shape index (κ1) is 42.2. The number of carbonyl (C=O) groups excluding carboxylic acids is 2. The van der Waals surface area contributed by atoms with Crippen molar-refractivity contribution in [2.75, 3.05) is 46.3 Å². The molecule has 0 radical (unpaired) electrons. The Balaban J connectivity index is 0.819. The summed E-state index contributed by atoms with van der Waals surface area (Å²) in [6, 6.07) is 42.6. The van der Waals surface area contributed by atoms with Gasteiger partial charge in [-0.2, -0.15) is 0 Å². The van der Waals surface area contributed by atoms with Crippen LogP contribution in [-0.4, -0.2) is 83.5 Å². The first-order valence-corrected chi connectivity index (χ1v) is 21.5. The van der Waals surface area contributed by atoms with Crippen molar-refractivity contribution < 1.29 is 33.3 Å². The van der Waals surface area contributed by atoms with Gasteiger partial charge in [-0.25, -0.2) is 19.7 Å². The lowest BCUT2D eigenvalue weighted by Crippen LogP contribution is -2.35. The fourth-order valence-corrected chi connectivity index (χ4v) is 8.93. The van der Waals surface area contributed by atoms with Crippen LogP contribution in [-0.2, 0) is 24.6 Å². The first-order valence-electron chi connectivity index (χ1n) is 21.5. The molecule has 13 nitrogen and oxygen atoms in total. The Bertz CT molecular complexity index is 2630. The minimum Gasteiger partial charge on any atom is -0.497 e. The van der Waals surface area contributed by atoms with E-state index in [0.717, 1.165) is 45.7 Å². The molecule has 13 heteroatoms. The Morgan fingerprint density at radius 1 is 0.750 bits per heavy atom. The predicted octanol–water partition coefficient (Wildman–Crippen LogP) is 9.13. The number of ether oxygens (including phenoxy) is 5. The summed E-state index contributed by atoms with van der Waals surface area (Å²) in [5, 5.41) is 2.90. The fourth-order valence-electron chi connectivity index (χ4n) is 8.93. The predicted molar refractivity (Wildman–Crippen MR) is 242 cm³/mol. The van der Waals surface area contributed by atoms with Crippen LogP contribution in [0.2, 0.25) is 0 Å². The second-order valence-corrected chi connectivity index (χ2v) is 16.0. The van der Waals surface area contributed by atoms with Gasteiger partial charge in [-0.3, -0.25) is 9.36 Å². The second kappa shape index (κ2) is 18.7. The minimum absolute atomic E-state index is 0.0268. The van der Waals surface area contributed by atoms with E-state index in [0.29, 0.717) is 43.0 Å². The van der Waals surface area contributed by atoms with Crippen LogP contribution in [0.25, 0.3) is 22.3 Å². The summed E-state index contributed by atoms with van der Waals surface area (Å²) in [5.74, 6) is 1.53. The molecule has 0 unspecified atom stereocenters. The van der Waals surface area contributed by atoms with Crippen molar-refractivity contribution in [3.05, 3.63) is 168 Å². The number of nitrogens with one attached hydrogen (secondary N) is 1. The van der Waals surface area contributed by atoms with E-state index in [1.54, 1.807) is 27.6 Å². The summed E-state index contributed by atoms with van der Waals surface area (Å²) in [6.07, 6.45) is 4.08. The van der Waals surface area contributed by atoms with Gasteiger partial charge in [0, 0.05) is 25.9 Å². The van der Waals surface area contributed by atoms with Gasteiger partial charge in [0.1, 0.15) is 36.3 Å². The van der Waals surface area contributed by atoms with Gasteiger partial charge in [-0.15, -0.1) is 0 Å². The molecule has 0 saturated carbocycles. The van der Waals surface area contributed by atoms with Gasteiger partial charge >= 0.3 is 6.09 Å². The van der Waals surface area contributed by atoms with Gasteiger partial charge < -0.3 is 33.9 Å². The highest BCUT2D eigenvalue weighted by molar-refractivity contribution is 5.96. The van der Waals surface area contributed by atoms with Gasteiger partial charge in [0.25, 0.3) is 0 Å². The maximum Gasteiger partial charge on any atom is 0.409 e. The highest BCUT2D eigenvalue weighted by Gasteiger charge is 2.40. The summed E-state index contributed by atoms with van der Waals surface area (Å²) < 4.78 is 32.4. The van der Waals surface area contributed by atoms with Crippen molar-refractivity contribution >= 4 is 29.0 Å². The molecule has 3 heterocycles. The summed E-state index contributed by atoms with van der Waals surface area (Å²) in [7, 11) is 4.99. The van der Waals surface area contributed by atoms with E-state index < -0.39 is 11.7 Å². The molecule has 2 amide bonds. The molecule has 326 valence electrons. The third-order valence-electron chi connectivity index (χ3n) is 12.2. The molecule has 1 N–H and O–H groups in total. The quantitative estimate of drug-likeness (QED) is 0.0937. The van der Waals surface area contributed by atoms with E-state index in [4.69, 9.17) is 23.7 Å². The van der Waals surface area contributed by atoms with Crippen molar-refractivity contribution in [3.63, 3.8) is 0 Å². The van der Waals surface area contributed by atoms with E-state index in [2.05, 4.69) is 56.7 Å². The van der Waals surface area contributed by atoms with Gasteiger partial charge in [-0.05, 0) is 82.5 Å². The first-order chi connectivity index (χ1) is 31.4. The lowest BCUT2D eigenvalue weighted by atomic mass is 9.80. The number of rotatable bonds is 16. The van der Waals surface area contributed by atoms with Crippen molar-refractivity contribution in [2.24, 2.45) is 0 Å². The highest BCUT2D eigenvalue weighted by Crippen LogP contribution is 2.45. The van der Waals surface area contributed by atoms with E-state index >= 15 is 0 Å². The summed E-state index contributed by atoms with van der Waals surface area (Å²) in [5.41, 5.74) is 7.52. The standard InChI is InChI=1S/C51H50N6O7/c1-56(50(59)62-31-44-42-16-9-7-14-40(42)41-15-8-10-17-43(41)44)29-11-18-45(58)55-48-47-49(53-32-52-48)57(33-54-47)46-28-27-39(64-46)30-63-51(34-12-5-4-6-13-34,35-19-23-37(60-2)24-20-35)36-21-25-38(61-3)26-22-36/h4-10,12-17,19-26,32-33,39,44,46H,11,18,27-31H2,1-3H3,(H,52,53,55,58)/t39-,46+/m0/s1. The summed E-state index contributed by atoms with van der Waals surface area (Å²) in [6.45, 7) is 0.871. The number of methoxy groups -OCH3 is 2. The molecule has 1 fully saturated rings. The molecule has 2 atom stereocenters. The Labute approximate surface area is 372 Å². The van der Waals surface area contributed by atoms with Crippen molar-refractivity contribution in [1.82, 2.24) is 24.4 Å². The third-order valence-corrected chi connectivity index (χ3v) is 12.2. The van der Waals surface area contributed by atoms with E-state index in [9.17, 15) is 9.59 Å². The number of fused-ring (bicyclic) bond motifs is 4. The molecule has 1 aliphatic carbocycles. The minimum atomic E-state index is -0.974. The Morgan fingerprint density at radius 3 is 2.00 bits per heavy atom. The van der Waals surface area contributed by atoms with Crippen LogP contribution in [0, 0.1) is 0 Å². The van der Waals surface area contributed by atoms with Gasteiger partial charge in [0.2, 0.25) is 5.91 Å². The van der Waals surface area contributed by atoms with Crippen molar-refractivity contribution in [2.45, 2.75) is 49.5 Å². The van der Waals surface area contributed by atoms with Crippen LogP contribution in [0.15, 0.2) is 140 Å². The Hall–Kier alpha value is -7.09. The molecule has 5 aromatic carbocycles. The molecule has 64 heavy (non-hydrogen) atoms. The van der Waals surface area contributed by atoms with Crippen LogP contribution in [0.5, 0.6) is 11.5 Å². The van der Waals surface area contributed by atoms with E-state index in [-0.39, 0.29) is 37.2 Å². The Morgan fingerprint density at radius 2 is 1.36 bits per heavy atom. The number of nitrogens with zero attached hydrogens (tertiary/aromatic N) is 5. The zero-order valence-electron chi connectivity index (χ0n) is 36.1. The van der Waals surface area contributed by atoms with Crippen LogP contribution < -0.4 is 14.8 Å². The van der Waals surface area contributed by atoms with Crippen molar-refractivity contribution in [1.29, 1.82) is 0 Å². The van der Waals surface area contributed by atoms with Crippen LogP contribution in [0.4, 0.5) is 10.6 Å². The summed E-state index contributed by atoms with van der Waals surface area (Å²) in [4.78, 5) is 41.2. The normalized spacial score (nSPS) is 15.7. The number of amides is 2. The number of carbonyl (C=O) groups is 2. The monoisotopic (exact) mass is 858 g/mol. The third kappa shape index (κ3) is 8.39. The molecule has 2 aliphatic rings. The average Bonchev–Trinajstić information content (AvgIpc) is 4.08. The molecule has 1 aliphatic heterocycles. The molecule has 0 spiro atoms. The van der Waals surface area contributed by atoms with Gasteiger partial charge in [-0.1, -0.05) is 103 Å². The summed E-state index contributed by atoms with van der Waals surface area (Å²) >= 11 is 0. The molecule has 1 saturated heterocycles. The smallest absolute Gasteiger partial charge is 0.409 e. The fraction of sp³-hybridized carbons (Fsp3) is 0.275. The van der Waals surface area contributed by atoms with Crippen LogP contribution >= 0.6 is 0 Å². The lowest BCUT2D eigenvalue weighted by molar-refractivity contribution is -0.116. The SMILES string of the molecule is COc1ccc(C(OC[C@@H]2CC[C@H](n3cnc4c(NC(=O)CCCN(C)C(=O)OCC5c6ccccc6-c6ccccc65)ncnc43)O2)(c2ccccc2)c2ccc(OC)cc2)cc1. The van der Waals surface area contributed by atoms with Gasteiger partial charge in [0.05, 0.1) is 33.3 Å². The van der Waals surface area contributed by atoms with Crippen LogP contribution in [0.1, 0.15) is 65.6 Å². The van der Waals surface area contributed by atoms with E-state index in [1.165, 1.54) is 22.4 Å². The maximum atomic E-state index is 13.2. The molecular weight excluding hydrogens is 809 g/mol. The number of aromatic nitrogens is 4. The number of benzene rings is 5. The van der Waals surface area contributed by atoms with Crippen molar-refractivity contribution in [3.8, 4) is 22.6 Å². The molecule has 2 aromatic heterocycles. The highest BCUT2D eigenvalue weighted by atomic mass is 16.6. The topological polar surface area (TPSA) is 139 Å². The molecular formula is C51H50N6O7. The molecule has 7 aromatic rings. The maximum absolute atomic E-state index is 13.2. The number of imidazole rings is 1. The zero-order valence-corrected chi connectivity index (χ0v) is 36.1. The van der Waals surface area contributed by atoms with Crippen LogP contribution in [0.3, 0.4) is 0 Å². The average molecular weight is 859 g/mol. The molecule has 9 rings (SSSR count). The number of hydrogen-bond donors (Lipinski definition) is 1. The van der Waals surface area contributed by atoms with E-state index in [1.807, 2.05) is 95.6 Å². The van der Waals surface area contributed by atoms with Gasteiger partial charge in [0.15, 0.2) is 17.0 Å². The second-order valence-electron chi connectivity index (χ2n) is 16.0. The lowest BCUT2D eigenvalue weighted by Gasteiger charge is -2.37. The largest absolute Gasteiger partial charge is 0.497 e. The zero-order chi connectivity index (χ0) is 44.0. The number of hydrogen-bond acceptors (Lipinski definition) is 10. The number of anilines is 1. The Kier molecular flexibility index (Phi) is 12.3.